The van der Waals surface area contributed by atoms with E-state index in [1.54, 1.807) is 0 Å². The number of rotatable bonds is 8. The predicted molar refractivity (Wildman–Crippen MR) is 67.1 cm³/mol. The maximum Gasteiger partial charge on any atom is 0.337 e. The van der Waals surface area contributed by atoms with Gasteiger partial charge in [-0.3, -0.25) is 0 Å². The van der Waals surface area contributed by atoms with E-state index in [-0.39, 0.29) is 13.1 Å². The van der Waals surface area contributed by atoms with Crippen LogP contribution in [0.1, 0.15) is 13.3 Å². The van der Waals surface area contributed by atoms with Gasteiger partial charge >= 0.3 is 12.0 Å². The van der Waals surface area contributed by atoms with Crippen molar-refractivity contribution in [3.05, 3.63) is 0 Å². The van der Waals surface area contributed by atoms with Crippen LogP contribution in [0.3, 0.4) is 0 Å². The molecule has 0 aromatic heterocycles. The zero-order chi connectivity index (χ0) is 15.1. The molecule has 2 amide bonds. The first-order valence-electron chi connectivity index (χ1n) is 5.47. The Hall–Kier alpha value is -1.39. The SMILES string of the molecule is CC(O)(CNC(=O)NCCCNS(C)(=O)=O)C(=O)O. The Morgan fingerprint density at radius 2 is 1.79 bits per heavy atom. The highest BCUT2D eigenvalue weighted by Crippen LogP contribution is 2.00. The first-order valence-corrected chi connectivity index (χ1v) is 7.36. The number of urea groups is 1. The number of carboxylic acid groups (broad SMARTS) is 1. The number of carbonyl (C=O) groups is 2. The van der Waals surface area contributed by atoms with Crippen molar-refractivity contribution in [1.29, 1.82) is 0 Å². The number of amides is 2. The van der Waals surface area contributed by atoms with E-state index < -0.39 is 34.2 Å². The van der Waals surface area contributed by atoms with E-state index in [4.69, 9.17) is 5.11 Å². The lowest BCUT2D eigenvalue weighted by Gasteiger charge is -2.18. The minimum Gasteiger partial charge on any atom is -0.479 e. The topological polar surface area (TPSA) is 145 Å². The molecule has 0 radical (unpaired) electrons. The summed E-state index contributed by atoms with van der Waals surface area (Å²) in [4.78, 5) is 21.7. The molecule has 5 N–H and O–H groups in total. The van der Waals surface area contributed by atoms with Gasteiger partial charge in [0.05, 0.1) is 12.8 Å². The quantitative estimate of drug-likeness (QED) is 0.330. The van der Waals surface area contributed by atoms with Crippen molar-refractivity contribution >= 4 is 22.0 Å². The summed E-state index contributed by atoms with van der Waals surface area (Å²) in [5.41, 5.74) is -2.03. The van der Waals surface area contributed by atoms with Crippen LogP contribution in [-0.2, 0) is 14.8 Å². The van der Waals surface area contributed by atoms with Gasteiger partial charge in [0.2, 0.25) is 10.0 Å². The Labute approximate surface area is 111 Å². The molecule has 0 bridgehead atoms. The molecule has 9 nitrogen and oxygen atoms in total. The molecular weight excluding hydrogens is 278 g/mol. The first kappa shape index (κ1) is 17.6. The number of carboxylic acids is 1. The second-order valence-electron chi connectivity index (χ2n) is 4.21. The molecule has 1 unspecified atom stereocenters. The number of aliphatic carboxylic acids is 1. The molecule has 0 aliphatic rings. The summed E-state index contributed by atoms with van der Waals surface area (Å²) in [5, 5.41) is 22.5. The highest BCUT2D eigenvalue weighted by atomic mass is 32.2. The van der Waals surface area contributed by atoms with Gasteiger partial charge in [0.25, 0.3) is 0 Å². The molecule has 0 aromatic rings. The zero-order valence-corrected chi connectivity index (χ0v) is 11.6. The molecule has 0 saturated heterocycles. The Kier molecular flexibility index (Phi) is 6.73. The summed E-state index contributed by atoms with van der Waals surface area (Å²) < 4.78 is 23.7. The normalized spacial score (nSPS) is 14.5. The standard InChI is InChI=1S/C9H19N3O6S/c1-9(16,7(13)14)6-11-8(15)10-4-3-5-12-19(2,17)18/h12,16H,3-6H2,1-2H3,(H,13,14)(H2,10,11,15). The third kappa shape index (κ3) is 9.22. The van der Waals surface area contributed by atoms with E-state index in [1.807, 2.05) is 0 Å². The van der Waals surface area contributed by atoms with Crippen molar-refractivity contribution in [2.45, 2.75) is 18.9 Å². The van der Waals surface area contributed by atoms with Gasteiger partial charge in [-0.1, -0.05) is 0 Å². The largest absolute Gasteiger partial charge is 0.479 e. The number of carbonyl (C=O) groups excluding carboxylic acids is 1. The molecule has 0 heterocycles. The number of hydrogen-bond donors (Lipinski definition) is 5. The Morgan fingerprint density at radius 3 is 2.26 bits per heavy atom. The van der Waals surface area contributed by atoms with E-state index >= 15 is 0 Å². The lowest BCUT2D eigenvalue weighted by Crippen LogP contribution is -2.49. The number of hydrogen-bond acceptors (Lipinski definition) is 5. The van der Waals surface area contributed by atoms with Crippen LogP contribution in [0.2, 0.25) is 0 Å². The van der Waals surface area contributed by atoms with E-state index in [1.165, 1.54) is 0 Å². The average molecular weight is 297 g/mol. The van der Waals surface area contributed by atoms with Crippen LogP contribution >= 0.6 is 0 Å². The number of nitrogens with one attached hydrogen (secondary N) is 3. The van der Waals surface area contributed by atoms with Gasteiger partial charge in [0.1, 0.15) is 0 Å². The van der Waals surface area contributed by atoms with Crippen molar-refractivity contribution < 1.29 is 28.2 Å². The highest BCUT2D eigenvalue weighted by molar-refractivity contribution is 7.88. The molecule has 10 heteroatoms. The van der Waals surface area contributed by atoms with Crippen molar-refractivity contribution in [3.8, 4) is 0 Å². The maximum absolute atomic E-state index is 11.2. The Balaban J connectivity index is 3.75. The van der Waals surface area contributed by atoms with Gasteiger partial charge in [0, 0.05) is 13.1 Å². The van der Waals surface area contributed by atoms with Gasteiger partial charge in [-0.15, -0.1) is 0 Å². The van der Waals surface area contributed by atoms with E-state index in [2.05, 4.69) is 15.4 Å². The molecule has 112 valence electrons. The molecule has 0 saturated carbocycles. The van der Waals surface area contributed by atoms with E-state index in [0.717, 1.165) is 13.2 Å². The minimum absolute atomic E-state index is 0.186. The van der Waals surface area contributed by atoms with Gasteiger partial charge in [-0.25, -0.2) is 22.7 Å². The molecule has 0 fully saturated rings. The van der Waals surface area contributed by atoms with Gasteiger partial charge in [-0.2, -0.15) is 0 Å². The Morgan fingerprint density at radius 1 is 1.21 bits per heavy atom. The molecule has 0 rings (SSSR count). The average Bonchev–Trinajstić information content (AvgIpc) is 2.24. The van der Waals surface area contributed by atoms with Crippen LogP contribution in [0, 0.1) is 0 Å². The smallest absolute Gasteiger partial charge is 0.337 e. The molecule has 19 heavy (non-hydrogen) atoms. The molecule has 0 aromatic carbocycles. The summed E-state index contributed by atoms with van der Waals surface area (Å²) in [6, 6.07) is -0.638. The first-order chi connectivity index (χ1) is 8.54. The predicted octanol–water partition coefficient (Wildman–Crippen LogP) is -1.94. The number of aliphatic hydroxyl groups is 1. The fourth-order valence-corrected chi connectivity index (χ4v) is 1.45. The summed E-state index contributed by atoms with van der Waals surface area (Å²) in [5.74, 6) is -1.44. The zero-order valence-electron chi connectivity index (χ0n) is 10.8. The fraction of sp³-hybridized carbons (Fsp3) is 0.778. The monoisotopic (exact) mass is 297 g/mol. The molecular formula is C9H19N3O6S. The van der Waals surface area contributed by atoms with Crippen LogP contribution in [0.4, 0.5) is 4.79 Å². The fourth-order valence-electron chi connectivity index (χ4n) is 0.938. The number of sulfonamides is 1. The second-order valence-corrected chi connectivity index (χ2v) is 6.04. The van der Waals surface area contributed by atoms with Crippen LogP contribution in [0.25, 0.3) is 0 Å². The van der Waals surface area contributed by atoms with E-state index in [9.17, 15) is 23.1 Å². The Bertz CT molecular complexity index is 420. The van der Waals surface area contributed by atoms with Crippen LogP contribution in [0.15, 0.2) is 0 Å². The third-order valence-electron chi connectivity index (χ3n) is 2.06. The van der Waals surface area contributed by atoms with Crippen molar-refractivity contribution in [3.63, 3.8) is 0 Å². The van der Waals surface area contributed by atoms with Crippen LogP contribution in [-0.4, -0.2) is 62.1 Å². The summed E-state index contributed by atoms with van der Waals surface area (Å²) in [7, 11) is -3.24. The van der Waals surface area contributed by atoms with E-state index in [0.29, 0.717) is 6.42 Å². The van der Waals surface area contributed by atoms with Crippen molar-refractivity contribution in [2.75, 3.05) is 25.9 Å². The summed E-state index contributed by atoms with van der Waals surface area (Å²) in [6.07, 6.45) is 1.41. The van der Waals surface area contributed by atoms with Gasteiger partial charge < -0.3 is 20.8 Å². The van der Waals surface area contributed by atoms with Crippen LogP contribution < -0.4 is 15.4 Å². The lowest BCUT2D eigenvalue weighted by atomic mass is 10.1. The highest BCUT2D eigenvalue weighted by Gasteiger charge is 2.30. The summed E-state index contributed by atoms with van der Waals surface area (Å²) >= 11 is 0. The van der Waals surface area contributed by atoms with Crippen molar-refractivity contribution in [1.82, 2.24) is 15.4 Å². The third-order valence-corrected chi connectivity index (χ3v) is 2.79. The molecule has 1 atom stereocenters. The van der Waals surface area contributed by atoms with Crippen molar-refractivity contribution in [2.24, 2.45) is 0 Å². The summed E-state index contributed by atoms with van der Waals surface area (Å²) in [6.45, 7) is 1.02. The molecule has 0 aliphatic heterocycles. The molecule has 0 spiro atoms. The van der Waals surface area contributed by atoms with Gasteiger partial charge in [-0.05, 0) is 13.3 Å². The molecule has 0 aliphatic carbocycles. The lowest BCUT2D eigenvalue weighted by molar-refractivity contribution is -0.155. The second kappa shape index (κ2) is 7.26. The van der Waals surface area contributed by atoms with Gasteiger partial charge in [0.15, 0.2) is 5.60 Å². The minimum atomic E-state index is -3.24. The maximum atomic E-state index is 11.2. The van der Waals surface area contributed by atoms with Crippen LogP contribution in [0.5, 0.6) is 0 Å².